The lowest BCUT2D eigenvalue weighted by Gasteiger charge is -2.39. The molecule has 0 bridgehead atoms. The van der Waals surface area contributed by atoms with E-state index >= 15 is 0 Å². The third-order valence-corrected chi connectivity index (χ3v) is 7.82. The maximum atomic E-state index is 13.7. The van der Waals surface area contributed by atoms with Crippen LogP contribution in [0.1, 0.15) is 44.0 Å². The first-order valence-corrected chi connectivity index (χ1v) is 13.4. The monoisotopic (exact) mass is 481 g/mol. The molecule has 0 aliphatic carbocycles. The highest BCUT2D eigenvalue weighted by molar-refractivity contribution is 7.99. The molecule has 34 heavy (non-hydrogen) atoms. The summed E-state index contributed by atoms with van der Waals surface area (Å²) in [7, 11) is 0. The number of hydrogen-bond donors (Lipinski definition) is 0. The molecule has 2 aliphatic rings. The minimum Gasteiger partial charge on any atom is -0.492 e. The predicted molar refractivity (Wildman–Crippen MR) is 138 cm³/mol. The van der Waals surface area contributed by atoms with Crippen molar-refractivity contribution in [1.29, 1.82) is 0 Å². The summed E-state index contributed by atoms with van der Waals surface area (Å²) in [4.78, 5) is 33.0. The number of unbranched alkanes of at least 4 members (excludes halogenated alkanes) is 1. The summed E-state index contributed by atoms with van der Waals surface area (Å²) in [5.41, 5.74) is 2.17. The summed E-state index contributed by atoms with van der Waals surface area (Å²) >= 11 is 1.70. The molecule has 0 aromatic heterocycles. The zero-order valence-corrected chi connectivity index (χ0v) is 21.0. The van der Waals surface area contributed by atoms with Gasteiger partial charge in [-0.25, -0.2) is 0 Å². The van der Waals surface area contributed by atoms with Crippen LogP contribution in [0.15, 0.2) is 54.6 Å². The molecular weight excluding hydrogens is 446 g/mol. The van der Waals surface area contributed by atoms with Gasteiger partial charge in [0.1, 0.15) is 17.2 Å². The molecule has 2 atom stereocenters. The Morgan fingerprint density at radius 2 is 1.68 bits per heavy atom. The topological polar surface area (TPSA) is 53.1 Å². The number of ether oxygens (including phenoxy) is 1. The average molecular weight is 482 g/mol. The second-order valence-electron chi connectivity index (χ2n) is 8.73. The van der Waals surface area contributed by atoms with Gasteiger partial charge in [0, 0.05) is 38.4 Å². The van der Waals surface area contributed by atoms with Crippen LogP contribution in [0.2, 0.25) is 0 Å². The highest BCUT2D eigenvalue weighted by atomic mass is 32.2. The van der Waals surface area contributed by atoms with E-state index in [1.165, 1.54) is 0 Å². The summed E-state index contributed by atoms with van der Waals surface area (Å²) in [6, 6.07) is 17.8. The normalized spacial score (nSPS) is 20.5. The smallest absolute Gasteiger partial charge is 0.246 e. The van der Waals surface area contributed by atoms with Gasteiger partial charge in [0.15, 0.2) is 0 Å². The molecule has 2 aromatic rings. The van der Waals surface area contributed by atoms with Crippen molar-refractivity contribution in [1.82, 2.24) is 9.80 Å². The molecule has 4 rings (SSSR count). The van der Waals surface area contributed by atoms with Crippen molar-refractivity contribution < 1.29 is 14.3 Å². The van der Waals surface area contributed by atoms with E-state index in [0.717, 1.165) is 42.9 Å². The van der Waals surface area contributed by atoms with Gasteiger partial charge in [-0.1, -0.05) is 55.8 Å². The summed E-state index contributed by atoms with van der Waals surface area (Å²) < 4.78 is 5.80. The number of piperazine rings is 1. The third kappa shape index (κ3) is 5.35. The van der Waals surface area contributed by atoms with Gasteiger partial charge < -0.3 is 19.4 Å². The van der Waals surface area contributed by atoms with Crippen molar-refractivity contribution >= 4 is 29.3 Å². The molecule has 0 saturated carbocycles. The fourth-order valence-electron chi connectivity index (χ4n) is 4.71. The summed E-state index contributed by atoms with van der Waals surface area (Å²) in [6.45, 7) is 7.50. The second-order valence-corrected chi connectivity index (χ2v) is 9.84. The van der Waals surface area contributed by atoms with Gasteiger partial charge in [0.2, 0.25) is 11.8 Å². The van der Waals surface area contributed by atoms with Crippen LogP contribution in [0.3, 0.4) is 0 Å². The Morgan fingerprint density at radius 1 is 0.971 bits per heavy atom. The first kappa shape index (κ1) is 24.5. The molecule has 0 spiro atoms. The van der Waals surface area contributed by atoms with Crippen LogP contribution in [0, 0.1) is 0 Å². The van der Waals surface area contributed by atoms with Gasteiger partial charge >= 0.3 is 0 Å². The van der Waals surface area contributed by atoms with Crippen LogP contribution in [0.4, 0.5) is 5.69 Å². The fraction of sp³-hybridized carbons (Fsp3) is 0.481. The van der Waals surface area contributed by atoms with Gasteiger partial charge in [0.25, 0.3) is 0 Å². The lowest BCUT2D eigenvalue weighted by atomic mass is 10.1. The zero-order valence-electron chi connectivity index (χ0n) is 20.2. The number of thioether (sulfide) groups is 1. The Bertz CT molecular complexity index is 963. The molecule has 2 fully saturated rings. The minimum absolute atomic E-state index is 0.0773. The molecule has 182 valence electrons. The number of carbonyl (C=O) groups excluding carboxylic acids is 2. The second kappa shape index (κ2) is 11.6. The highest BCUT2D eigenvalue weighted by Crippen LogP contribution is 2.42. The number of nitrogens with zero attached hydrogens (tertiary/aromatic N) is 3. The Labute approximate surface area is 207 Å². The largest absolute Gasteiger partial charge is 0.492 e. The lowest BCUT2D eigenvalue weighted by molar-refractivity contribution is -0.145. The first-order valence-electron chi connectivity index (χ1n) is 12.4. The van der Waals surface area contributed by atoms with Gasteiger partial charge in [-0.05, 0) is 31.0 Å². The number of carbonyl (C=O) groups is 2. The number of amides is 2. The number of rotatable bonds is 8. The number of benzene rings is 2. The SMILES string of the molecule is CCCCC(=O)N1C(C(=O)N2CCN(c3ccccc3OCC)CC2)CSC1c1ccccc1. The van der Waals surface area contributed by atoms with E-state index in [1.807, 2.05) is 53.1 Å². The van der Waals surface area contributed by atoms with Gasteiger partial charge in [-0.2, -0.15) is 0 Å². The molecule has 6 nitrogen and oxygen atoms in total. The summed E-state index contributed by atoms with van der Waals surface area (Å²) in [5.74, 6) is 1.69. The predicted octanol–water partition coefficient (Wildman–Crippen LogP) is 4.57. The van der Waals surface area contributed by atoms with Crippen LogP contribution >= 0.6 is 11.8 Å². The molecule has 2 aromatic carbocycles. The molecule has 2 heterocycles. The highest BCUT2D eigenvalue weighted by Gasteiger charge is 2.43. The zero-order chi connectivity index (χ0) is 23.9. The fourth-order valence-corrected chi connectivity index (χ4v) is 6.15. The van der Waals surface area contributed by atoms with Crippen molar-refractivity contribution in [3.8, 4) is 5.75 Å². The third-order valence-electron chi connectivity index (χ3n) is 6.50. The maximum Gasteiger partial charge on any atom is 0.246 e. The maximum absolute atomic E-state index is 13.7. The number of hydrogen-bond acceptors (Lipinski definition) is 5. The Morgan fingerprint density at radius 3 is 2.38 bits per heavy atom. The van der Waals surface area contributed by atoms with E-state index in [-0.39, 0.29) is 17.2 Å². The van der Waals surface area contributed by atoms with Crippen molar-refractivity contribution in [3.05, 3.63) is 60.2 Å². The van der Waals surface area contributed by atoms with Gasteiger partial charge in [0.05, 0.1) is 12.3 Å². The number of anilines is 1. The van der Waals surface area contributed by atoms with Crippen LogP contribution < -0.4 is 9.64 Å². The lowest BCUT2D eigenvalue weighted by Crippen LogP contribution is -2.55. The van der Waals surface area contributed by atoms with E-state index in [0.29, 0.717) is 31.9 Å². The first-order chi connectivity index (χ1) is 16.6. The Balaban J connectivity index is 1.46. The van der Waals surface area contributed by atoms with Crippen LogP contribution in [0.25, 0.3) is 0 Å². The summed E-state index contributed by atoms with van der Waals surface area (Å²) in [5, 5.41) is -0.0983. The Hall–Kier alpha value is -2.67. The van der Waals surface area contributed by atoms with E-state index < -0.39 is 6.04 Å². The van der Waals surface area contributed by atoms with Crippen molar-refractivity contribution in [2.24, 2.45) is 0 Å². The molecule has 2 unspecified atom stereocenters. The van der Waals surface area contributed by atoms with Gasteiger partial charge in [-0.3, -0.25) is 9.59 Å². The molecule has 0 radical (unpaired) electrons. The molecule has 0 N–H and O–H groups in total. The quantitative estimate of drug-likeness (QED) is 0.553. The van der Waals surface area contributed by atoms with Crippen LogP contribution in [-0.2, 0) is 9.59 Å². The van der Waals surface area contributed by atoms with Crippen molar-refractivity contribution in [3.63, 3.8) is 0 Å². The molecule has 2 amide bonds. The molecule has 2 aliphatic heterocycles. The molecule has 2 saturated heterocycles. The van der Waals surface area contributed by atoms with Crippen molar-refractivity contribution in [2.75, 3.05) is 43.4 Å². The van der Waals surface area contributed by atoms with E-state index in [1.54, 1.807) is 11.8 Å². The van der Waals surface area contributed by atoms with Crippen LogP contribution in [-0.4, -0.2) is 66.2 Å². The van der Waals surface area contributed by atoms with Gasteiger partial charge in [-0.15, -0.1) is 11.8 Å². The number of para-hydroxylation sites is 2. The summed E-state index contributed by atoms with van der Waals surface area (Å²) in [6.07, 6.45) is 2.30. The van der Waals surface area contributed by atoms with E-state index in [2.05, 4.69) is 30.0 Å². The minimum atomic E-state index is -0.401. The Kier molecular flexibility index (Phi) is 8.38. The van der Waals surface area contributed by atoms with E-state index in [4.69, 9.17) is 4.74 Å². The standard InChI is InChI=1S/C27H35N3O3S/c1-3-5-15-25(31)30-23(20-34-27(30)21-11-7-6-8-12-21)26(32)29-18-16-28(17-19-29)22-13-9-10-14-24(22)33-4-2/h6-14,23,27H,3-5,15-20H2,1-2H3. The molecule has 7 heteroatoms. The molecular formula is C27H35N3O3S. The van der Waals surface area contributed by atoms with E-state index in [9.17, 15) is 9.59 Å². The van der Waals surface area contributed by atoms with Crippen molar-refractivity contribution in [2.45, 2.75) is 44.5 Å². The van der Waals surface area contributed by atoms with Crippen LogP contribution in [0.5, 0.6) is 5.75 Å². The average Bonchev–Trinajstić information content (AvgIpc) is 3.33.